The fourth-order valence-corrected chi connectivity index (χ4v) is 6.28. The number of carbonyl (C=O) groups is 3. The van der Waals surface area contributed by atoms with Gasteiger partial charge in [0.1, 0.15) is 23.9 Å². The molecule has 252 valence electrons. The van der Waals surface area contributed by atoms with Gasteiger partial charge in [-0.1, -0.05) is 52.0 Å². The van der Waals surface area contributed by atoms with Crippen molar-refractivity contribution in [3.8, 4) is 18.1 Å². The molecule has 1 aromatic carbocycles. The second-order valence-electron chi connectivity index (χ2n) is 12.9. The molecule has 0 bridgehead atoms. The maximum Gasteiger partial charge on any atom is 0.308 e. The van der Waals surface area contributed by atoms with Crippen LogP contribution in [0.1, 0.15) is 101 Å². The van der Waals surface area contributed by atoms with E-state index in [9.17, 15) is 19.5 Å². The first-order chi connectivity index (χ1) is 22.2. The van der Waals surface area contributed by atoms with Crippen LogP contribution in [0, 0.1) is 33.1 Å². The number of fused-ring (bicyclic) bond motifs is 1. The van der Waals surface area contributed by atoms with E-state index in [-0.39, 0.29) is 18.7 Å². The SMILES string of the molecule is C#C[C@]1(CO)O[C@@H](n2cnc3c(NC(=O)CCCCCC)nc(C)nc32)C[C@@H]1OC(=O)CC(C)(C)c1c(C)cc(C)cc1OC(C)=O. The Bertz CT molecular complexity index is 1690. The van der Waals surface area contributed by atoms with Crippen molar-refractivity contribution >= 4 is 34.8 Å². The quantitative estimate of drug-likeness (QED) is 0.110. The zero-order valence-electron chi connectivity index (χ0n) is 28.3. The molecule has 0 spiro atoms. The number of aromatic nitrogens is 4. The van der Waals surface area contributed by atoms with Crippen LogP contribution in [0.15, 0.2) is 18.5 Å². The minimum atomic E-state index is -1.62. The Morgan fingerprint density at radius 1 is 1.19 bits per heavy atom. The largest absolute Gasteiger partial charge is 0.458 e. The molecule has 1 aliphatic heterocycles. The molecule has 1 aliphatic rings. The molecule has 12 nitrogen and oxygen atoms in total. The molecule has 1 saturated heterocycles. The minimum Gasteiger partial charge on any atom is -0.458 e. The molecular weight excluding hydrogens is 602 g/mol. The first-order valence-corrected chi connectivity index (χ1v) is 16.0. The van der Waals surface area contributed by atoms with E-state index in [1.807, 2.05) is 33.8 Å². The van der Waals surface area contributed by atoms with Crippen LogP contribution in [0.3, 0.4) is 0 Å². The number of hydrogen-bond acceptors (Lipinski definition) is 10. The summed E-state index contributed by atoms with van der Waals surface area (Å²) >= 11 is 0. The van der Waals surface area contributed by atoms with E-state index in [1.54, 1.807) is 17.6 Å². The van der Waals surface area contributed by atoms with Crippen molar-refractivity contribution in [3.63, 3.8) is 0 Å². The number of anilines is 1. The number of nitrogens with one attached hydrogen (secondary N) is 1. The lowest BCUT2D eigenvalue weighted by Gasteiger charge is -2.31. The van der Waals surface area contributed by atoms with E-state index in [2.05, 4.69) is 33.1 Å². The average molecular weight is 648 g/mol. The molecule has 1 amide bonds. The van der Waals surface area contributed by atoms with E-state index >= 15 is 0 Å². The number of nitrogens with zero attached hydrogens (tertiary/aromatic N) is 4. The fourth-order valence-electron chi connectivity index (χ4n) is 6.28. The predicted molar refractivity (Wildman–Crippen MR) is 176 cm³/mol. The monoisotopic (exact) mass is 647 g/mol. The van der Waals surface area contributed by atoms with Crippen LogP contribution in [0.25, 0.3) is 11.2 Å². The summed E-state index contributed by atoms with van der Waals surface area (Å²) < 4.78 is 19.3. The van der Waals surface area contributed by atoms with Gasteiger partial charge in [0.2, 0.25) is 5.91 Å². The molecule has 2 N–H and O–H groups in total. The molecule has 0 aliphatic carbocycles. The highest BCUT2D eigenvalue weighted by Crippen LogP contribution is 2.42. The third kappa shape index (κ3) is 7.97. The Morgan fingerprint density at radius 3 is 2.60 bits per heavy atom. The van der Waals surface area contributed by atoms with Crippen LogP contribution >= 0.6 is 0 Å². The summed E-state index contributed by atoms with van der Waals surface area (Å²) in [4.78, 5) is 51.4. The first kappa shape index (κ1) is 35.5. The summed E-state index contributed by atoms with van der Waals surface area (Å²) in [6.45, 7) is 12.1. The molecule has 4 rings (SSSR count). The number of terminal acetylenes is 1. The Balaban J connectivity index is 1.56. The number of carbonyl (C=O) groups excluding carboxylic acids is 3. The van der Waals surface area contributed by atoms with E-state index in [4.69, 9.17) is 20.6 Å². The summed E-state index contributed by atoms with van der Waals surface area (Å²) in [5.41, 5.74) is 0.854. The number of aliphatic hydroxyl groups is 1. The van der Waals surface area contributed by atoms with Crippen LogP contribution < -0.4 is 10.1 Å². The predicted octanol–water partition coefficient (Wildman–Crippen LogP) is 5.15. The maximum atomic E-state index is 13.5. The molecule has 47 heavy (non-hydrogen) atoms. The van der Waals surface area contributed by atoms with Crippen LogP contribution in [-0.2, 0) is 29.3 Å². The number of benzene rings is 1. The highest BCUT2D eigenvalue weighted by Gasteiger charge is 2.51. The van der Waals surface area contributed by atoms with E-state index in [0.717, 1.165) is 36.8 Å². The Morgan fingerprint density at radius 2 is 1.94 bits per heavy atom. The van der Waals surface area contributed by atoms with Crippen molar-refractivity contribution in [2.75, 3.05) is 11.9 Å². The van der Waals surface area contributed by atoms with Gasteiger partial charge in [-0.15, -0.1) is 6.42 Å². The van der Waals surface area contributed by atoms with Gasteiger partial charge >= 0.3 is 11.9 Å². The molecule has 3 aromatic rings. The van der Waals surface area contributed by atoms with Gasteiger partial charge in [0, 0.05) is 30.7 Å². The van der Waals surface area contributed by atoms with Crippen molar-refractivity contribution in [3.05, 3.63) is 41.0 Å². The van der Waals surface area contributed by atoms with Gasteiger partial charge in [0.05, 0.1) is 19.4 Å². The normalized spacial score (nSPS) is 19.4. The highest BCUT2D eigenvalue weighted by atomic mass is 16.6. The standard InChI is InChI=1S/C35H45N5O7/c1-9-11-12-13-14-27(43)39-32-31-33(38-23(5)37-32)40(20-36-31)28-17-26(35(10-2,19-41)47-28)46-29(44)18-34(7,8)30-22(4)15-21(3)16-25(30)45-24(6)42/h2,15-16,20,26,28,41H,9,11-14,17-19H2,1,3-8H3,(H,37,38,39,43)/t26-,28+,35+/m0/s1. The summed E-state index contributed by atoms with van der Waals surface area (Å²) in [7, 11) is 0. The van der Waals surface area contributed by atoms with E-state index in [1.165, 1.54) is 13.3 Å². The summed E-state index contributed by atoms with van der Waals surface area (Å²) in [5.74, 6) is 2.42. The van der Waals surface area contributed by atoms with Crippen molar-refractivity contribution in [1.29, 1.82) is 0 Å². The van der Waals surface area contributed by atoms with Gasteiger partial charge in [0.15, 0.2) is 22.6 Å². The Kier molecular flexibility index (Phi) is 11.0. The second kappa shape index (κ2) is 14.6. The van der Waals surface area contributed by atoms with Crippen LogP contribution in [0.5, 0.6) is 5.75 Å². The zero-order chi connectivity index (χ0) is 34.5. The number of hydrogen-bond donors (Lipinski definition) is 2. The molecule has 3 heterocycles. The number of aliphatic hydroxyl groups excluding tert-OH is 1. The molecule has 2 aromatic heterocycles. The molecule has 1 fully saturated rings. The Hall–Kier alpha value is -4.34. The molecular formula is C35H45N5O7. The lowest BCUT2D eigenvalue weighted by molar-refractivity contribution is -0.160. The molecule has 12 heteroatoms. The van der Waals surface area contributed by atoms with Crippen LogP contribution in [0.2, 0.25) is 0 Å². The van der Waals surface area contributed by atoms with Gasteiger partial charge < -0.3 is 24.6 Å². The smallest absolute Gasteiger partial charge is 0.308 e. The van der Waals surface area contributed by atoms with Gasteiger partial charge in [-0.05, 0) is 44.4 Å². The third-order valence-corrected chi connectivity index (χ3v) is 8.35. The topological polar surface area (TPSA) is 155 Å². The number of imidazole rings is 1. The third-order valence-electron chi connectivity index (χ3n) is 8.35. The first-order valence-electron chi connectivity index (χ1n) is 16.0. The number of unbranched alkanes of at least 4 members (excludes halogenated alkanes) is 3. The molecule has 0 radical (unpaired) electrons. The van der Waals surface area contributed by atoms with E-state index < -0.39 is 41.9 Å². The van der Waals surface area contributed by atoms with E-state index in [0.29, 0.717) is 40.5 Å². The summed E-state index contributed by atoms with van der Waals surface area (Å²) in [6, 6.07) is 3.73. The molecule has 0 saturated carbocycles. The lowest BCUT2D eigenvalue weighted by Crippen LogP contribution is -2.44. The second-order valence-corrected chi connectivity index (χ2v) is 12.9. The van der Waals surface area contributed by atoms with Crippen molar-refractivity contribution in [1.82, 2.24) is 19.5 Å². The lowest BCUT2D eigenvalue weighted by atomic mass is 9.78. The number of rotatable bonds is 13. The van der Waals surface area contributed by atoms with Gasteiger partial charge in [-0.25, -0.2) is 15.0 Å². The molecule has 0 unspecified atom stereocenters. The fraction of sp³-hybridized carbons (Fsp3) is 0.543. The summed E-state index contributed by atoms with van der Waals surface area (Å²) in [5, 5.41) is 13.3. The van der Waals surface area contributed by atoms with Crippen molar-refractivity contribution in [2.45, 2.75) is 117 Å². The zero-order valence-corrected chi connectivity index (χ0v) is 28.3. The van der Waals surface area contributed by atoms with Crippen LogP contribution in [-0.4, -0.2) is 60.8 Å². The van der Waals surface area contributed by atoms with Gasteiger partial charge in [-0.2, -0.15) is 0 Å². The van der Waals surface area contributed by atoms with Gasteiger partial charge in [0.25, 0.3) is 0 Å². The van der Waals surface area contributed by atoms with Crippen molar-refractivity contribution in [2.24, 2.45) is 0 Å². The Labute approximate surface area is 275 Å². The number of aryl methyl sites for hydroxylation is 3. The van der Waals surface area contributed by atoms with Crippen molar-refractivity contribution < 1.29 is 33.7 Å². The molecule has 3 atom stereocenters. The number of ether oxygens (including phenoxy) is 3. The maximum absolute atomic E-state index is 13.5. The number of esters is 2. The number of amides is 1. The summed E-state index contributed by atoms with van der Waals surface area (Å²) in [6.07, 6.45) is 9.90. The average Bonchev–Trinajstić information content (AvgIpc) is 3.55. The van der Waals surface area contributed by atoms with Gasteiger partial charge in [-0.3, -0.25) is 19.0 Å². The minimum absolute atomic E-state index is 0.0691. The highest BCUT2D eigenvalue weighted by molar-refractivity contribution is 5.96. The van der Waals surface area contributed by atoms with Crippen LogP contribution in [0.4, 0.5) is 5.82 Å².